The van der Waals surface area contributed by atoms with Crippen LogP contribution in [-0.4, -0.2) is 36.6 Å². The third-order valence-electron chi connectivity index (χ3n) is 4.66. The van der Waals surface area contributed by atoms with Crippen LogP contribution in [0.25, 0.3) is 0 Å². The maximum Gasteiger partial charge on any atom is 0.0207 e. The molecule has 0 spiro atoms. The second kappa shape index (κ2) is 5.50. The first kappa shape index (κ1) is 12.4. The zero-order chi connectivity index (χ0) is 11.5. The van der Waals surface area contributed by atoms with Crippen molar-refractivity contribution >= 4 is 0 Å². The molecule has 0 aromatic rings. The molecule has 3 unspecified atom stereocenters. The average molecular weight is 224 g/mol. The number of hydrogen-bond donors (Lipinski definition) is 1. The van der Waals surface area contributed by atoms with E-state index in [0.717, 1.165) is 23.9 Å². The van der Waals surface area contributed by atoms with Gasteiger partial charge in [0.1, 0.15) is 0 Å². The van der Waals surface area contributed by atoms with Gasteiger partial charge in [0.25, 0.3) is 0 Å². The Labute approximate surface area is 101 Å². The van der Waals surface area contributed by atoms with Crippen LogP contribution in [0.15, 0.2) is 0 Å². The van der Waals surface area contributed by atoms with E-state index < -0.39 is 0 Å². The van der Waals surface area contributed by atoms with Crippen LogP contribution in [0.1, 0.15) is 46.5 Å². The molecule has 16 heavy (non-hydrogen) atoms. The summed E-state index contributed by atoms with van der Waals surface area (Å²) in [5.74, 6) is 1.91. The quantitative estimate of drug-likeness (QED) is 0.789. The van der Waals surface area contributed by atoms with Crippen LogP contribution in [0.5, 0.6) is 0 Å². The molecule has 1 aliphatic heterocycles. The lowest BCUT2D eigenvalue weighted by Crippen LogP contribution is -2.37. The van der Waals surface area contributed by atoms with Crippen LogP contribution < -0.4 is 5.32 Å². The Hall–Kier alpha value is -0.0800. The summed E-state index contributed by atoms with van der Waals surface area (Å²) in [4.78, 5) is 2.59. The van der Waals surface area contributed by atoms with Crippen molar-refractivity contribution < 1.29 is 0 Å². The summed E-state index contributed by atoms with van der Waals surface area (Å²) in [5, 5.41) is 3.80. The molecular formula is C14H28N2. The molecule has 1 saturated carbocycles. The second-order valence-corrected chi connectivity index (χ2v) is 6.15. The van der Waals surface area contributed by atoms with E-state index in [-0.39, 0.29) is 0 Å². The van der Waals surface area contributed by atoms with Gasteiger partial charge < -0.3 is 5.32 Å². The van der Waals surface area contributed by atoms with Gasteiger partial charge in [0.05, 0.1) is 0 Å². The first-order chi connectivity index (χ1) is 7.66. The second-order valence-electron chi connectivity index (χ2n) is 6.15. The van der Waals surface area contributed by atoms with Crippen molar-refractivity contribution in [1.29, 1.82) is 0 Å². The van der Waals surface area contributed by atoms with Crippen LogP contribution in [0, 0.1) is 11.8 Å². The molecule has 94 valence electrons. The van der Waals surface area contributed by atoms with Gasteiger partial charge in [-0.1, -0.05) is 19.8 Å². The summed E-state index contributed by atoms with van der Waals surface area (Å²) >= 11 is 0. The van der Waals surface area contributed by atoms with E-state index >= 15 is 0 Å². The fraction of sp³-hybridized carbons (Fsp3) is 1.00. The first-order valence-electron chi connectivity index (χ1n) is 7.14. The van der Waals surface area contributed by atoms with Gasteiger partial charge in [-0.25, -0.2) is 0 Å². The minimum Gasteiger partial charge on any atom is -0.312 e. The van der Waals surface area contributed by atoms with Crippen LogP contribution in [0.2, 0.25) is 0 Å². The van der Waals surface area contributed by atoms with E-state index in [0.29, 0.717) is 0 Å². The van der Waals surface area contributed by atoms with Gasteiger partial charge in [-0.3, -0.25) is 4.90 Å². The van der Waals surface area contributed by atoms with Crippen molar-refractivity contribution in [3.8, 4) is 0 Å². The monoisotopic (exact) mass is 224 g/mol. The molecule has 0 aromatic heterocycles. The molecule has 2 heteroatoms. The lowest BCUT2D eigenvalue weighted by atomic mass is 9.98. The Morgan fingerprint density at radius 1 is 1.25 bits per heavy atom. The molecule has 2 aliphatic rings. The Balaban J connectivity index is 1.67. The van der Waals surface area contributed by atoms with E-state index in [4.69, 9.17) is 0 Å². The normalized spacial score (nSPS) is 36.4. The predicted octanol–water partition coefficient (Wildman–Crippen LogP) is 2.49. The molecule has 0 amide bonds. The molecule has 0 aromatic carbocycles. The van der Waals surface area contributed by atoms with Crippen LogP contribution in [0.4, 0.5) is 0 Å². The molecule has 1 aliphatic carbocycles. The van der Waals surface area contributed by atoms with Gasteiger partial charge in [-0.05, 0) is 51.6 Å². The van der Waals surface area contributed by atoms with Crippen LogP contribution in [-0.2, 0) is 0 Å². The highest BCUT2D eigenvalue weighted by Gasteiger charge is 2.27. The van der Waals surface area contributed by atoms with Crippen molar-refractivity contribution in [1.82, 2.24) is 10.2 Å². The summed E-state index contributed by atoms with van der Waals surface area (Å²) < 4.78 is 0. The lowest BCUT2D eigenvalue weighted by Gasteiger charge is -2.22. The van der Waals surface area contributed by atoms with Gasteiger partial charge in [-0.15, -0.1) is 0 Å². The highest BCUT2D eigenvalue weighted by molar-refractivity contribution is 4.85. The SMILES string of the molecule is CC1CCCC1CNC1CCN(C(C)C)C1. The summed E-state index contributed by atoms with van der Waals surface area (Å²) in [6, 6.07) is 1.48. The smallest absolute Gasteiger partial charge is 0.0207 e. The Kier molecular flexibility index (Phi) is 4.26. The maximum absolute atomic E-state index is 3.80. The topological polar surface area (TPSA) is 15.3 Å². The van der Waals surface area contributed by atoms with Gasteiger partial charge in [-0.2, -0.15) is 0 Å². The molecule has 0 bridgehead atoms. The summed E-state index contributed by atoms with van der Waals surface area (Å²) in [5.41, 5.74) is 0. The van der Waals surface area contributed by atoms with E-state index in [1.54, 1.807) is 0 Å². The van der Waals surface area contributed by atoms with E-state index in [9.17, 15) is 0 Å². The highest BCUT2D eigenvalue weighted by atomic mass is 15.2. The molecular weight excluding hydrogens is 196 g/mol. The fourth-order valence-electron chi connectivity index (χ4n) is 3.27. The minimum absolute atomic E-state index is 0.720. The molecule has 2 nitrogen and oxygen atoms in total. The van der Waals surface area contributed by atoms with Crippen molar-refractivity contribution in [3.05, 3.63) is 0 Å². The van der Waals surface area contributed by atoms with Crippen molar-refractivity contribution in [2.24, 2.45) is 11.8 Å². The van der Waals surface area contributed by atoms with E-state index in [1.807, 2.05) is 0 Å². The molecule has 2 rings (SSSR count). The molecule has 2 fully saturated rings. The largest absolute Gasteiger partial charge is 0.312 e. The van der Waals surface area contributed by atoms with Gasteiger partial charge >= 0.3 is 0 Å². The van der Waals surface area contributed by atoms with Crippen molar-refractivity contribution in [2.75, 3.05) is 19.6 Å². The third-order valence-corrected chi connectivity index (χ3v) is 4.66. The standard InChI is InChI=1S/C14H28N2/c1-11(2)16-8-7-14(10-16)15-9-13-6-4-5-12(13)3/h11-15H,4-10H2,1-3H3. The fourth-order valence-corrected chi connectivity index (χ4v) is 3.27. The van der Waals surface area contributed by atoms with Gasteiger partial charge in [0, 0.05) is 18.6 Å². The Morgan fingerprint density at radius 2 is 2.06 bits per heavy atom. The van der Waals surface area contributed by atoms with Crippen molar-refractivity contribution in [2.45, 2.75) is 58.5 Å². The molecule has 3 atom stereocenters. The summed E-state index contributed by atoms with van der Waals surface area (Å²) in [6.45, 7) is 10.9. The van der Waals surface area contributed by atoms with Gasteiger partial charge in [0.2, 0.25) is 0 Å². The maximum atomic E-state index is 3.80. The first-order valence-corrected chi connectivity index (χ1v) is 7.14. The third kappa shape index (κ3) is 2.98. The molecule has 1 heterocycles. The summed E-state index contributed by atoms with van der Waals surface area (Å²) in [6.07, 6.45) is 5.71. The molecule has 0 radical (unpaired) electrons. The number of rotatable bonds is 4. The van der Waals surface area contributed by atoms with E-state index in [1.165, 1.54) is 45.3 Å². The highest BCUT2D eigenvalue weighted by Crippen LogP contribution is 2.30. The average Bonchev–Trinajstić information content (AvgIpc) is 2.83. The zero-order valence-corrected chi connectivity index (χ0v) is 11.2. The van der Waals surface area contributed by atoms with Crippen LogP contribution in [0.3, 0.4) is 0 Å². The number of nitrogens with one attached hydrogen (secondary N) is 1. The number of likely N-dealkylation sites (tertiary alicyclic amines) is 1. The minimum atomic E-state index is 0.720. The Morgan fingerprint density at radius 3 is 2.62 bits per heavy atom. The predicted molar refractivity (Wildman–Crippen MR) is 69.6 cm³/mol. The van der Waals surface area contributed by atoms with Crippen LogP contribution >= 0.6 is 0 Å². The number of nitrogens with zero attached hydrogens (tertiary/aromatic N) is 1. The number of hydrogen-bond acceptors (Lipinski definition) is 2. The van der Waals surface area contributed by atoms with Crippen molar-refractivity contribution in [3.63, 3.8) is 0 Å². The summed E-state index contributed by atoms with van der Waals surface area (Å²) in [7, 11) is 0. The Bertz CT molecular complexity index is 215. The van der Waals surface area contributed by atoms with E-state index in [2.05, 4.69) is 31.0 Å². The van der Waals surface area contributed by atoms with Gasteiger partial charge in [0.15, 0.2) is 0 Å². The lowest BCUT2D eigenvalue weighted by molar-refractivity contribution is 0.265. The molecule has 1 N–H and O–H groups in total. The zero-order valence-electron chi connectivity index (χ0n) is 11.2. The molecule has 1 saturated heterocycles.